The van der Waals surface area contributed by atoms with Crippen LogP contribution >= 0.6 is 12.2 Å². The number of rotatable bonds is 6. The van der Waals surface area contributed by atoms with Gasteiger partial charge in [0.05, 0.1) is 29.3 Å². The highest BCUT2D eigenvalue weighted by Gasteiger charge is 2.11. The smallest absolute Gasteiger partial charge is 0.262 e. The van der Waals surface area contributed by atoms with Crippen molar-refractivity contribution in [2.24, 2.45) is 0 Å². The molecular formula is C22H19N5O2S. The van der Waals surface area contributed by atoms with Crippen LogP contribution in [0.5, 0.6) is 0 Å². The van der Waals surface area contributed by atoms with Gasteiger partial charge in [0.2, 0.25) is 0 Å². The Labute approximate surface area is 177 Å². The Morgan fingerprint density at radius 3 is 2.80 bits per heavy atom. The van der Waals surface area contributed by atoms with E-state index in [1.54, 1.807) is 41.4 Å². The summed E-state index contributed by atoms with van der Waals surface area (Å²) in [5.74, 6) is -0.300. The first kappa shape index (κ1) is 19.5. The summed E-state index contributed by atoms with van der Waals surface area (Å²) in [5.41, 5.74) is 2.40. The molecule has 4 rings (SSSR count). The number of hydrogen-bond acceptors (Lipinski definition) is 4. The van der Waals surface area contributed by atoms with E-state index in [4.69, 9.17) is 12.2 Å². The van der Waals surface area contributed by atoms with Crippen LogP contribution in [0.25, 0.3) is 10.9 Å². The second-order valence-corrected chi connectivity index (χ2v) is 7.15. The highest BCUT2D eigenvalue weighted by Crippen LogP contribution is 2.14. The fourth-order valence-corrected chi connectivity index (χ4v) is 3.45. The number of carbonyl (C=O) groups excluding carboxylic acids is 1. The fraction of sp³-hybridized carbons (Fsp3) is 0.0909. The van der Waals surface area contributed by atoms with Gasteiger partial charge in [-0.1, -0.05) is 36.4 Å². The Hall–Kier alpha value is -3.78. The molecule has 0 aliphatic rings. The van der Waals surface area contributed by atoms with Crippen LogP contribution in [0.4, 0.5) is 5.69 Å². The van der Waals surface area contributed by atoms with E-state index in [-0.39, 0.29) is 16.2 Å². The minimum Gasteiger partial charge on any atom is -0.332 e. The third kappa shape index (κ3) is 3.99. The monoisotopic (exact) mass is 417 g/mol. The van der Waals surface area contributed by atoms with Gasteiger partial charge in [0.25, 0.3) is 11.5 Å². The van der Waals surface area contributed by atoms with Crippen LogP contribution < -0.4 is 10.9 Å². The molecule has 30 heavy (non-hydrogen) atoms. The molecule has 0 radical (unpaired) electrons. The average Bonchev–Trinajstić information content (AvgIpc) is 3.18. The van der Waals surface area contributed by atoms with Gasteiger partial charge >= 0.3 is 0 Å². The van der Waals surface area contributed by atoms with Gasteiger partial charge in [0.1, 0.15) is 0 Å². The minimum atomic E-state index is -0.300. The number of nitrogens with zero attached hydrogens (tertiary/aromatic N) is 3. The third-order valence-electron chi connectivity index (χ3n) is 4.63. The van der Waals surface area contributed by atoms with Gasteiger partial charge < -0.3 is 10.3 Å². The fourth-order valence-electron chi connectivity index (χ4n) is 3.18. The number of allylic oxidation sites excluding steroid dienone is 1. The predicted molar refractivity (Wildman–Crippen MR) is 119 cm³/mol. The Balaban J connectivity index is 1.55. The molecule has 0 spiro atoms. The van der Waals surface area contributed by atoms with Crippen LogP contribution in [0.2, 0.25) is 0 Å². The topological polar surface area (TPSA) is 84.7 Å². The maximum Gasteiger partial charge on any atom is 0.262 e. The molecule has 0 aliphatic carbocycles. The summed E-state index contributed by atoms with van der Waals surface area (Å²) >= 11 is 5.25. The number of anilines is 1. The van der Waals surface area contributed by atoms with Gasteiger partial charge in [-0.05, 0) is 36.0 Å². The zero-order valence-corrected chi connectivity index (χ0v) is 16.9. The number of fused-ring (bicyclic) bond motifs is 1. The van der Waals surface area contributed by atoms with Gasteiger partial charge in [-0.15, -0.1) is 6.58 Å². The number of carbonyl (C=O) groups is 1. The Bertz CT molecular complexity index is 1350. The molecule has 2 aromatic heterocycles. The summed E-state index contributed by atoms with van der Waals surface area (Å²) in [6, 6.07) is 14.8. The normalized spacial score (nSPS) is 10.8. The zero-order chi connectivity index (χ0) is 21.1. The molecule has 0 unspecified atom stereocenters. The molecule has 0 atom stereocenters. The molecule has 1 amide bonds. The summed E-state index contributed by atoms with van der Waals surface area (Å²) in [6.45, 7) is 4.57. The number of benzene rings is 2. The lowest BCUT2D eigenvalue weighted by atomic mass is 10.1. The predicted octanol–water partition coefficient (Wildman–Crippen LogP) is 3.74. The van der Waals surface area contributed by atoms with E-state index in [1.165, 1.54) is 4.57 Å². The first-order chi connectivity index (χ1) is 14.5. The summed E-state index contributed by atoms with van der Waals surface area (Å²) in [4.78, 5) is 28.3. The van der Waals surface area contributed by atoms with E-state index >= 15 is 0 Å². The highest BCUT2D eigenvalue weighted by atomic mass is 32.1. The first-order valence-corrected chi connectivity index (χ1v) is 9.71. The largest absolute Gasteiger partial charge is 0.332 e. The SMILES string of the molecule is C=CCn1c(=S)[nH]c2cc(C(=O)Nc3cnn(Cc4ccccc4)c3)ccc2c1=O. The molecule has 2 N–H and O–H groups in total. The van der Waals surface area contributed by atoms with Crippen LogP contribution in [0, 0.1) is 4.77 Å². The summed E-state index contributed by atoms with van der Waals surface area (Å²) < 4.78 is 3.46. The highest BCUT2D eigenvalue weighted by molar-refractivity contribution is 7.71. The Morgan fingerprint density at radius 2 is 2.03 bits per heavy atom. The van der Waals surface area contributed by atoms with Crippen molar-refractivity contribution in [3.63, 3.8) is 0 Å². The number of nitrogens with one attached hydrogen (secondary N) is 2. The van der Waals surface area contributed by atoms with Crippen LogP contribution in [0.1, 0.15) is 15.9 Å². The standard InChI is InChI=1S/C22H19N5O2S/c1-2-10-27-21(29)18-9-8-16(11-19(18)25-22(27)30)20(28)24-17-12-23-26(14-17)13-15-6-4-3-5-7-15/h2-9,11-12,14H,1,10,13H2,(H,24,28)(H,25,30). The molecule has 2 heterocycles. The number of aromatic nitrogens is 4. The summed E-state index contributed by atoms with van der Waals surface area (Å²) in [5, 5.41) is 7.58. The molecule has 4 aromatic rings. The molecule has 8 heteroatoms. The third-order valence-corrected chi connectivity index (χ3v) is 4.96. The van der Waals surface area contributed by atoms with E-state index in [1.807, 2.05) is 30.3 Å². The molecule has 0 bridgehead atoms. The quantitative estimate of drug-likeness (QED) is 0.370. The molecule has 0 fully saturated rings. The van der Waals surface area contributed by atoms with Crippen LogP contribution in [-0.2, 0) is 13.1 Å². The maximum absolute atomic E-state index is 12.7. The summed E-state index contributed by atoms with van der Waals surface area (Å²) in [7, 11) is 0. The van der Waals surface area contributed by atoms with Crippen molar-refractivity contribution in [3.8, 4) is 0 Å². The minimum absolute atomic E-state index is 0.220. The van der Waals surface area contributed by atoms with Crippen LogP contribution in [-0.4, -0.2) is 25.2 Å². The summed E-state index contributed by atoms with van der Waals surface area (Å²) in [6.07, 6.45) is 4.98. The van der Waals surface area contributed by atoms with E-state index in [0.29, 0.717) is 35.2 Å². The van der Waals surface area contributed by atoms with Crippen molar-refractivity contribution in [2.75, 3.05) is 5.32 Å². The maximum atomic E-state index is 12.7. The van der Waals surface area contributed by atoms with E-state index in [0.717, 1.165) is 5.56 Å². The van der Waals surface area contributed by atoms with Gasteiger partial charge in [-0.2, -0.15) is 5.10 Å². The lowest BCUT2D eigenvalue weighted by Gasteiger charge is -2.07. The van der Waals surface area contributed by atoms with Gasteiger partial charge in [0, 0.05) is 18.3 Å². The second-order valence-electron chi connectivity index (χ2n) is 6.76. The van der Waals surface area contributed by atoms with Gasteiger partial charge in [-0.3, -0.25) is 18.8 Å². The number of aromatic amines is 1. The lowest BCUT2D eigenvalue weighted by molar-refractivity contribution is 0.102. The van der Waals surface area contributed by atoms with Crippen molar-refractivity contribution in [2.45, 2.75) is 13.1 Å². The van der Waals surface area contributed by atoms with Crippen molar-refractivity contribution in [1.82, 2.24) is 19.3 Å². The molecule has 7 nitrogen and oxygen atoms in total. The second kappa shape index (κ2) is 8.30. The number of hydrogen-bond donors (Lipinski definition) is 2. The molecular weight excluding hydrogens is 398 g/mol. The Kier molecular flexibility index (Phi) is 5.40. The zero-order valence-electron chi connectivity index (χ0n) is 16.0. The lowest BCUT2D eigenvalue weighted by Crippen LogP contribution is -2.22. The van der Waals surface area contributed by atoms with Gasteiger partial charge in [0.15, 0.2) is 4.77 Å². The van der Waals surface area contributed by atoms with E-state index in [2.05, 4.69) is 22.0 Å². The van der Waals surface area contributed by atoms with Crippen molar-refractivity contribution in [3.05, 3.63) is 99.8 Å². The molecule has 0 saturated heterocycles. The average molecular weight is 417 g/mol. The van der Waals surface area contributed by atoms with Crippen molar-refractivity contribution < 1.29 is 4.79 Å². The van der Waals surface area contributed by atoms with Gasteiger partial charge in [-0.25, -0.2) is 0 Å². The van der Waals surface area contributed by atoms with Crippen LogP contribution in [0.15, 0.2) is 78.4 Å². The number of amides is 1. The number of H-pyrrole nitrogens is 1. The molecule has 150 valence electrons. The van der Waals surface area contributed by atoms with Crippen LogP contribution in [0.3, 0.4) is 0 Å². The molecule has 0 saturated carbocycles. The van der Waals surface area contributed by atoms with E-state index in [9.17, 15) is 9.59 Å². The van der Waals surface area contributed by atoms with Crippen molar-refractivity contribution >= 4 is 34.7 Å². The molecule has 2 aromatic carbocycles. The van der Waals surface area contributed by atoms with E-state index < -0.39 is 0 Å². The first-order valence-electron chi connectivity index (χ1n) is 9.30. The molecule has 0 aliphatic heterocycles. The Morgan fingerprint density at radius 1 is 1.23 bits per heavy atom. The van der Waals surface area contributed by atoms with Crippen molar-refractivity contribution in [1.29, 1.82) is 0 Å².